The van der Waals surface area contributed by atoms with E-state index in [1.165, 1.54) is 4.88 Å². The normalized spacial score (nSPS) is 13.0. The van der Waals surface area contributed by atoms with Crippen molar-refractivity contribution >= 4 is 39.0 Å². The van der Waals surface area contributed by atoms with Gasteiger partial charge in [-0.25, -0.2) is 9.97 Å². The fourth-order valence-electron chi connectivity index (χ4n) is 2.14. The number of hydrogen-bond acceptors (Lipinski definition) is 5. The molecule has 6 heteroatoms. The van der Waals surface area contributed by atoms with Crippen LogP contribution in [0.4, 0.5) is 5.82 Å². The van der Waals surface area contributed by atoms with Crippen LogP contribution in [0.25, 0.3) is 10.2 Å². The lowest BCUT2D eigenvalue weighted by Crippen LogP contribution is -2.32. The van der Waals surface area contributed by atoms with E-state index in [0.717, 1.165) is 42.0 Å². The summed E-state index contributed by atoms with van der Waals surface area (Å²) in [5.74, 6) is 0.846. The zero-order valence-electron chi connectivity index (χ0n) is 13.1. The van der Waals surface area contributed by atoms with E-state index in [2.05, 4.69) is 54.1 Å². The van der Waals surface area contributed by atoms with Crippen LogP contribution in [0, 0.1) is 0 Å². The molecule has 1 atom stereocenters. The first-order chi connectivity index (χ1) is 10.0. The molecule has 0 saturated heterocycles. The maximum Gasteiger partial charge on any atom is 0.225 e. The van der Waals surface area contributed by atoms with Crippen LogP contribution in [0.5, 0.6) is 0 Å². The lowest BCUT2D eigenvalue weighted by Gasteiger charge is -2.23. The Morgan fingerprint density at radius 1 is 1.38 bits per heavy atom. The molecule has 0 aliphatic rings. The van der Waals surface area contributed by atoms with Crippen LogP contribution >= 0.6 is 22.9 Å². The minimum absolute atomic E-state index is 0.310. The van der Waals surface area contributed by atoms with Crippen molar-refractivity contribution < 1.29 is 0 Å². The Balaban J connectivity index is 2.09. The lowest BCUT2D eigenvalue weighted by atomic mass is 10.2. The van der Waals surface area contributed by atoms with E-state index in [4.69, 9.17) is 11.6 Å². The SMILES string of the molecule is CCc1cc2c(NCCN(C)C(C)CC)nc(Cl)nc2s1. The third kappa shape index (κ3) is 4.05. The van der Waals surface area contributed by atoms with Crippen molar-refractivity contribution in [2.24, 2.45) is 0 Å². The molecule has 2 heterocycles. The number of thiophene rings is 1. The Bertz CT molecular complexity index is 599. The van der Waals surface area contributed by atoms with Gasteiger partial charge in [-0.05, 0) is 44.5 Å². The quantitative estimate of drug-likeness (QED) is 0.779. The Labute approximate surface area is 135 Å². The molecule has 2 rings (SSSR count). The van der Waals surface area contributed by atoms with E-state index in [1.807, 2.05) is 0 Å². The summed E-state index contributed by atoms with van der Waals surface area (Å²) < 4.78 is 0. The molecule has 0 radical (unpaired) electrons. The Morgan fingerprint density at radius 2 is 2.14 bits per heavy atom. The number of fused-ring (bicyclic) bond motifs is 1. The first-order valence-corrected chi connectivity index (χ1v) is 8.64. The predicted molar refractivity (Wildman–Crippen MR) is 92.7 cm³/mol. The van der Waals surface area contributed by atoms with Crippen LogP contribution < -0.4 is 5.32 Å². The highest BCUT2D eigenvalue weighted by atomic mass is 35.5. The second-order valence-corrected chi connectivity index (χ2v) is 6.74. The summed E-state index contributed by atoms with van der Waals surface area (Å²) >= 11 is 7.71. The van der Waals surface area contributed by atoms with Gasteiger partial charge in [0.2, 0.25) is 5.28 Å². The lowest BCUT2D eigenvalue weighted by molar-refractivity contribution is 0.261. The smallest absolute Gasteiger partial charge is 0.225 e. The number of hydrogen-bond donors (Lipinski definition) is 1. The Hall–Kier alpha value is -0.910. The summed E-state index contributed by atoms with van der Waals surface area (Å²) in [6.45, 7) is 8.42. The number of likely N-dealkylation sites (N-methyl/N-ethyl adjacent to an activating group) is 1. The summed E-state index contributed by atoms with van der Waals surface area (Å²) in [5, 5.41) is 4.79. The van der Waals surface area contributed by atoms with Crippen LogP contribution in [0.1, 0.15) is 32.1 Å². The molecule has 1 unspecified atom stereocenters. The van der Waals surface area contributed by atoms with Gasteiger partial charge in [-0.2, -0.15) is 0 Å². The van der Waals surface area contributed by atoms with E-state index in [0.29, 0.717) is 11.3 Å². The van der Waals surface area contributed by atoms with Gasteiger partial charge in [-0.3, -0.25) is 0 Å². The van der Waals surface area contributed by atoms with Crippen molar-refractivity contribution in [1.82, 2.24) is 14.9 Å². The molecule has 2 aromatic heterocycles. The molecular weight excluding hydrogens is 304 g/mol. The molecular formula is C15H23ClN4S. The average Bonchev–Trinajstić information content (AvgIpc) is 2.89. The topological polar surface area (TPSA) is 41.0 Å². The second kappa shape index (κ2) is 7.38. The monoisotopic (exact) mass is 326 g/mol. The summed E-state index contributed by atoms with van der Waals surface area (Å²) in [5.41, 5.74) is 0. The van der Waals surface area contributed by atoms with Gasteiger partial charge in [0.15, 0.2) is 0 Å². The average molecular weight is 327 g/mol. The maximum absolute atomic E-state index is 6.02. The van der Waals surface area contributed by atoms with Crippen molar-refractivity contribution in [2.45, 2.75) is 39.7 Å². The maximum atomic E-state index is 6.02. The molecule has 0 saturated carbocycles. The largest absolute Gasteiger partial charge is 0.368 e. The zero-order valence-corrected chi connectivity index (χ0v) is 14.7. The Morgan fingerprint density at radius 3 is 2.81 bits per heavy atom. The van der Waals surface area contributed by atoms with Gasteiger partial charge >= 0.3 is 0 Å². The predicted octanol–water partition coefficient (Wildman–Crippen LogP) is 4.05. The standard InChI is InChI=1S/C15H23ClN4S/c1-5-10(3)20(4)8-7-17-13-12-9-11(6-2)21-14(12)19-15(16)18-13/h9-10H,5-8H2,1-4H3,(H,17,18,19). The van der Waals surface area contributed by atoms with E-state index in [9.17, 15) is 0 Å². The number of nitrogens with zero attached hydrogens (tertiary/aromatic N) is 3. The second-order valence-electron chi connectivity index (χ2n) is 5.29. The van der Waals surface area contributed by atoms with Crippen LogP contribution in [0.3, 0.4) is 0 Å². The fourth-order valence-corrected chi connectivity index (χ4v) is 3.32. The number of anilines is 1. The molecule has 0 bridgehead atoms. The molecule has 0 aliphatic carbocycles. The summed E-state index contributed by atoms with van der Waals surface area (Å²) in [4.78, 5) is 13.3. The van der Waals surface area contributed by atoms with Gasteiger partial charge in [0.05, 0.1) is 5.39 Å². The summed E-state index contributed by atoms with van der Waals surface area (Å²) in [7, 11) is 2.15. The van der Waals surface area contributed by atoms with Crippen molar-refractivity contribution in [3.8, 4) is 0 Å². The minimum Gasteiger partial charge on any atom is -0.368 e. The van der Waals surface area contributed by atoms with Gasteiger partial charge in [0.1, 0.15) is 10.6 Å². The molecule has 0 aliphatic heterocycles. The summed E-state index contributed by atoms with van der Waals surface area (Å²) in [6, 6.07) is 2.76. The number of nitrogens with one attached hydrogen (secondary N) is 1. The van der Waals surface area contributed by atoms with Gasteiger partial charge < -0.3 is 10.2 Å². The molecule has 21 heavy (non-hydrogen) atoms. The van der Waals surface area contributed by atoms with Crippen molar-refractivity contribution in [1.29, 1.82) is 0 Å². The third-order valence-corrected chi connectivity index (χ3v) is 5.21. The third-order valence-electron chi connectivity index (χ3n) is 3.87. The molecule has 2 aromatic rings. The molecule has 0 amide bonds. The molecule has 1 N–H and O–H groups in total. The van der Waals surface area contributed by atoms with Crippen molar-refractivity contribution in [3.05, 3.63) is 16.2 Å². The van der Waals surface area contributed by atoms with E-state index < -0.39 is 0 Å². The van der Waals surface area contributed by atoms with Gasteiger partial charge in [0.25, 0.3) is 0 Å². The highest BCUT2D eigenvalue weighted by Gasteiger charge is 2.11. The Kier molecular flexibility index (Phi) is 5.79. The molecule has 116 valence electrons. The van der Waals surface area contributed by atoms with E-state index in [1.54, 1.807) is 11.3 Å². The summed E-state index contributed by atoms with van der Waals surface area (Å²) in [6.07, 6.45) is 2.17. The van der Waals surface area contributed by atoms with Crippen LogP contribution in [-0.2, 0) is 6.42 Å². The van der Waals surface area contributed by atoms with E-state index >= 15 is 0 Å². The van der Waals surface area contributed by atoms with Gasteiger partial charge in [-0.15, -0.1) is 11.3 Å². The number of halogens is 1. The fraction of sp³-hybridized carbons (Fsp3) is 0.600. The van der Waals surface area contributed by atoms with Gasteiger partial charge in [0, 0.05) is 24.0 Å². The van der Waals surface area contributed by atoms with Crippen LogP contribution in [-0.4, -0.2) is 41.0 Å². The van der Waals surface area contributed by atoms with Crippen molar-refractivity contribution in [3.63, 3.8) is 0 Å². The first-order valence-electron chi connectivity index (χ1n) is 7.45. The minimum atomic E-state index is 0.310. The number of aryl methyl sites for hydroxylation is 1. The van der Waals surface area contributed by atoms with Crippen molar-refractivity contribution in [2.75, 3.05) is 25.5 Å². The van der Waals surface area contributed by atoms with Crippen LogP contribution in [0.15, 0.2) is 6.07 Å². The first kappa shape index (κ1) is 16.5. The van der Waals surface area contributed by atoms with Gasteiger partial charge in [-0.1, -0.05) is 13.8 Å². The van der Waals surface area contributed by atoms with Crippen LogP contribution in [0.2, 0.25) is 5.28 Å². The highest BCUT2D eigenvalue weighted by molar-refractivity contribution is 7.18. The van der Waals surface area contributed by atoms with E-state index in [-0.39, 0.29) is 0 Å². The molecule has 0 fully saturated rings. The molecule has 0 aromatic carbocycles. The number of rotatable bonds is 7. The highest BCUT2D eigenvalue weighted by Crippen LogP contribution is 2.30. The zero-order chi connectivity index (χ0) is 15.4. The molecule has 4 nitrogen and oxygen atoms in total. The number of aromatic nitrogens is 2. The molecule has 0 spiro atoms.